The summed E-state index contributed by atoms with van der Waals surface area (Å²) in [5, 5.41) is 13.4. The Morgan fingerprint density at radius 1 is 1.60 bits per heavy atom. The lowest BCUT2D eigenvalue weighted by Gasteiger charge is -2.08. The molecule has 0 spiro atoms. The van der Waals surface area contributed by atoms with Crippen molar-refractivity contribution in [1.29, 1.82) is 0 Å². The van der Waals surface area contributed by atoms with Crippen molar-refractivity contribution in [1.82, 2.24) is 9.97 Å². The van der Waals surface area contributed by atoms with Crippen LogP contribution in [0.1, 0.15) is 0 Å². The van der Waals surface area contributed by atoms with E-state index in [2.05, 4.69) is 20.6 Å². The van der Waals surface area contributed by atoms with Crippen LogP contribution in [0.2, 0.25) is 0 Å². The zero-order chi connectivity index (χ0) is 11.3. The minimum atomic E-state index is -0.560. The Hall–Kier alpha value is -2.09. The summed E-state index contributed by atoms with van der Waals surface area (Å²) >= 11 is 0. The number of aromatic nitrogens is 2. The highest BCUT2D eigenvalue weighted by Gasteiger charge is 2.08. The summed E-state index contributed by atoms with van der Waals surface area (Å²) in [7, 11) is 0. The van der Waals surface area contributed by atoms with Crippen molar-refractivity contribution in [2.45, 2.75) is 0 Å². The molecule has 0 aromatic carbocycles. The Morgan fingerprint density at radius 3 is 2.93 bits per heavy atom. The zero-order valence-corrected chi connectivity index (χ0v) is 7.78. The third kappa shape index (κ3) is 2.68. The number of nitrogens with one attached hydrogen (secondary N) is 3. The predicted molar refractivity (Wildman–Crippen MR) is 54.5 cm³/mol. The first-order valence-corrected chi connectivity index (χ1v) is 4.13. The molecule has 1 heterocycles. The van der Waals surface area contributed by atoms with Gasteiger partial charge in [-0.05, 0) is 0 Å². The molecule has 15 heavy (non-hydrogen) atoms. The van der Waals surface area contributed by atoms with Crippen molar-refractivity contribution in [3.8, 4) is 0 Å². The molecule has 82 valence electrons. The quantitative estimate of drug-likeness (QED) is 0.371. The number of amides is 1. The van der Waals surface area contributed by atoms with Gasteiger partial charge < -0.3 is 21.5 Å². The molecule has 0 radical (unpaired) electrons. The molecule has 8 nitrogen and oxygen atoms in total. The van der Waals surface area contributed by atoms with Gasteiger partial charge in [-0.2, -0.15) is 4.98 Å². The maximum atomic E-state index is 11.3. The van der Waals surface area contributed by atoms with E-state index in [1.54, 1.807) is 0 Å². The lowest BCUT2D eigenvalue weighted by Crippen LogP contribution is -2.20. The number of carbonyl (C=O) groups is 1. The first-order valence-electron chi connectivity index (χ1n) is 4.13. The van der Waals surface area contributed by atoms with Crippen LogP contribution in [0.5, 0.6) is 0 Å². The first kappa shape index (κ1) is 11.0. The smallest absolute Gasteiger partial charge is 0.278 e. The third-order valence-corrected chi connectivity index (χ3v) is 1.55. The fourth-order valence-electron chi connectivity index (χ4n) is 0.986. The van der Waals surface area contributed by atoms with Crippen LogP contribution < -0.4 is 21.9 Å². The van der Waals surface area contributed by atoms with Gasteiger partial charge in [0.2, 0.25) is 12.4 Å². The van der Waals surface area contributed by atoms with Crippen molar-refractivity contribution in [3.63, 3.8) is 0 Å². The molecule has 6 N–H and O–H groups in total. The fourth-order valence-corrected chi connectivity index (χ4v) is 0.986. The summed E-state index contributed by atoms with van der Waals surface area (Å²) in [5.74, 6) is 0.0503. The minimum absolute atomic E-state index is 0.0346. The number of hydrogen-bond donors (Lipinski definition) is 5. The normalized spacial score (nSPS) is 9.67. The molecule has 0 aliphatic rings. The zero-order valence-electron chi connectivity index (χ0n) is 7.78. The average Bonchev–Trinajstić information content (AvgIpc) is 2.19. The largest absolute Gasteiger partial charge is 0.395 e. The van der Waals surface area contributed by atoms with Crippen LogP contribution in [0.25, 0.3) is 0 Å². The van der Waals surface area contributed by atoms with Crippen molar-refractivity contribution >= 4 is 23.9 Å². The summed E-state index contributed by atoms with van der Waals surface area (Å²) in [6.45, 7) is 0.0678. The van der Waals surface area contributed by atoms with Gasteiger partial charge in [0.15, 0.2) is 5.82 Å². The molecular weight excluding hydrogens is 202 g/mol. The van der Waals surface area contributed by atoms with Gasteiger partial charge >= 0.3 is 0 Å². The van der Waals surface area contributed by atoms with Crippen LogP contribution in [0.15, 0.2) is 4.79 Å². The van der Waals surface area contributed by atoms with Crippen LogP contribution in [-0.4, -0.2) is 34.6 Å². The second-order valence-electron chi connectivity index (χ2n) is 2.59. The van der Waals surface area contributed by atoms with E-state index >= 15 is 0 Å². The lowest BCUT2D eigenvalue weighted by atomic mass is 10.4. The van der Waals surface area contributed by atoms with Gasteiger partial charge in [0.25, 0.3) is 5.56 Å². The molecule has 1 aromatic rings. The molecule has 0 aliphatic carbocycles. The molecule has 0 saturated carbocycles. The third-order valence-electron chi connectivity index (χ3n) is 1.55. The van der Waals surface area contributed by atoms with Gasteiger partial charge in [0, 0.05) is 6.54 Å². The van der Waals surface area contributed by atoms with Crippen LogP contribution in [0.3, 0.4) is 0 Å². The van der Waals surface area contributed by atoms with Gasteiger partial charge in [-0.1, -0.05) is 0 Å². The number of nitrogens with zero attached hydrogens (tertiary/aromatic N) is 1. The Kier molecular flexibility index (Phi) is 3.63. The molecule has 0 atom stereocenters. The van der Waals surface area contributed by atoms with E-state index < -0.39 is 5.56 Å². The molecule has 1 amide bonds. The summed E-state index contributed by atoms with van der Waals surface area (Å²) in [5.41, 5.74) is 4.72. The summed E-state index contributed by atoms with van der Waals surface area (Å²) in [6, 6.07) is 0. The number of rotatable bonds is 5. The maximum Gasteiger partial charge on any atom is 0.278 e. The molecule has 1 aromatic heterocycles. The number of carbonyl (C=O) groups excluding carboxylic acids is 1. The van der Waals surface area contributed by atoms with Gasteiger partial charge in [-0.3, -0.25) is 14.6 Å². The SMILES string of the molecule is Nc1nc(NCCO)c(NC=O)c(=O)[nH]1. The van der Waals surface area contributed by atoms with E-state index in [4.69, 9.17) is 10.8 Å². The van der Waals surface area contributed by atoms with Gasteiger partial charge in [0.05, 0.1) is 6.61 Å². The molecule has 0 unspecified atom stereocenters. The van der Waals surface area contributed by atoms with Gasteiger partial charge in [0.1, 0.15) is 5.69 Å². The summed E-state index contributed by atoms with van der Waals surface area (Å²) < 4.78 is 0. The van der Waals surface area contributed by atoms with E-state index in [0.717, 1.165) is 0 Å². The van der Waals surface area contributed by atoms with Crippen molar-refractivity contribution in [2.24, 2.45) is 0 Å². The van der Waals surface area contributed by atoms with Gasteiger partial charge in [-0.25, -0.2) is 0 Å². The Morgan fingerprint density at radius 2 is 2.33 bits per heavy atom. The Balaban J connectivity index is 3.08. The van der Waals surface area contributed by atoms with Crippen molar-refractivity contribution in [2.75, 3.05) is 29.5 Å². The topological polar surface area (TPSA) is 133 Å². The highest BCUT2D eigenvalue weighted by atomic mass is 16.3. The number of hydrogen-bond acceptors (Lipinski definition) is 6. The van der Waals surface area contributed by atoms with Gasteiger partial charge in [-0.15, -0.1) is 0 Å². The lowest BCUT2D eigenvalue weighted by molar-refractivity contribution is -0.105. The summed E-state index contributed by atoms with van der Waals surface area (Å²) in [4.78, 5) is 27.5. The van der Waals surface area contributed by atoms with Crippen LogP contribution in [-0.2, 0) is 4.79 Å². The van der Waals surface area contributed by atoms with E-state index in [-0.39, 0.29) is 30.6 Å². The van der Waals surface area contributed by atoms with Crippen molar-refractivity contribution in [3.05, 3.63) is 10.4 Å². The predicted octanol–water partition coefficient (Wildman–Crippen LogP) is -1.68. The standard InChI is InChI=1S/C7H11N5O3/c8-7-11-5(9-1-2-13)4(10-3-14)6(15)12-7/h3,13H,1-2H2,(H,10,14)(H4,8,9,11,12,15). The number of aliphatic hydroxyl groups is 1. The molecule has 0 aliphatic heterocycles. The molecule has 0 fully saturated rings. The second kappa shape index (κ2) is 4.96. The molecule has 0 bridgehead atoms. The number of nitrogens with two attached hydrogens (primary N) is 1. The van der Waals surface area contributed by atoms with E-state index in [1.807, 2.05) is 0 Å². The van der Waals surface area contributed by atoms with E-state index in [9.17, 15) is 9.59 Å². The van der Waals surface area contributed by atoms with Crippen LogP contribution >= 0.6 is 0 Å². The van der Waals surface area contributed by atoms with Crippen LogP contribution in [0, 0.1) is 0 Å². The summed E-state index contributed by atoms with van der Waals surface area (Å²) in [6.07, 6.45) is 0.354. The maximum absolute atomic E-state index is 11.3. The number of H-pyrrole nitrogens is 1. The van der Waals surface area contributed by atoms with Crippen molar-refractivity contribution < 1.29 is 9.90 Å². The molecule has 0 saturated heterocycles. The fraction of sp³-hybridized carbons (Fsp3) is 0.286. The van der Waals surface area contributed by atoms with Crippen LogP contribution in [0.4, 0.5) is 17.5 Å². The number of aromatic amines is 1. The number of nitrogen functional groups attached to an aromatic ring is 1. The van der Waals surface area contributed by atoms with E-state index in [0.29, 0.717) is 6.41 Å². The minimum Gasteiger partial charge on any atom is -0.395 e. The Labute approximate surface area is 84.5 Å². The number of anilines is 3. The molecule has 8 heteroatoms. The molecular formula is C7H11N5O3. The average molecular weight is 213 g/mol. The highest BCUT2D eigenvalue weighted by Crippen LogP contribution is 2.12. The first-order chi connectivity index (χ1) is 7.19. The molecule has 1 rings (SSSR count). The monoisotopic (exact) mass is 213 g/mol. The Bertz CT molecular complexity index is 402. The highest BCUT2D eigenvalue weighted by molar-refractivity contribution is 5.78. The van der Waals surface area contributed by atoms with E-state index in [1.165, 1.54) is 0 Å². The number of aliphatic hydroxyl groups excluding tert-OH is 1. The second-order valence-corrected chi connectivity index (χ2v) is 2.59.